The Kier molecular flexibility index (Phi) is 2.53. The summed E-state index contributed by atoms with van der Waals surface area (Å²) >= 11 is 0. The number of hydrogen-bond acceptors (Lipinski definition) is 5. The topological polar surface area (TPSA) is 63.1 Å². The minimum Gasteiger partial charge on any atom is -0.353 e. The molecule has 0 spiro atoms. The molecule has 4 unspecified atom stereocenters. The van der Waals surface area contributed by atoms with E-state index in [0.29, 0.717) is 6.04 Å². The average Bonchev–Trinajstić information content (AvgIpc) is 2.88. The van der Waals surface area contributed by atoms with Crippen molar-refractivity contribution in [3.8, 4) is 0 Å². The van der Waals surface area contributed by atoms with E-state index in [1.54, 1.807) is 7.11 Å². The zero-order valence-corrected chi connectivity index (χ0v) is 8.06. The highest BCUT2D eigenvalue weighted by molar-refractivity contribution is 4.93. The third-order valence-electron chi connectivity index (χ3n) is 2.76. The van der Waals surface area contributed by atoms with E-state index in [2.05, 4.69) is 17.3 Å². The summed E-state index contributed by atoms with van der Waals surface area (Å²) in [5.74, 6) is 0. The molecular formula is C8H17N3O2. The number of nitrogens with one attached hydrogen (secondary N) is 1. The predicted molar refractivity (Wildman–Crippen MR) is 47.8 cm³/mol. The fourth-order valence-corrected chi connectivity index (χ4v) is 1.86. The van der Waals surface area contributed by atoms with Gasteiger partial charge in [-0.05, 0) is 13.5 Å². The van der Waals surface area contributed by atoms with E-state index in [0.717, 1.165) is 13.1 Å². The number of hydrogen-bond donors (Lipinski definition) is 2. The molecule has 0 aromatic heterocycles. The van der Waals surface area contributed by atoms with Gasteiger partial charge in [0, 0.05) is 19.8 Å². The Morgan fingerprint density at radius 1 is 1.62 bits per heavy atom. The summed E-state index contributed by atoms with van der Waals surface area (Å²) in [5.41, 5.74) is 5.81. The molecule has 0 saturated carbocycles. The number of nitrogens with zero attached hydrogens (tertiary/aromatic N) is 1. The highest BCUT2D eigenvalue weighted by atomic mass is 16.8. The molecule has 0 bridgehead atoms. The van der Waals surface area contributed by atoms with E-state index in [1.807, 2.05) is 0 Å². The molecule has 13 heavy (non-hydrogen) atoms. The van der Waals surface area contributed by atoms with Crippen LogP contribution in [0.15, 0.2) is 0 Å². The lowest BCUT2D eigenvalue weighted by Gasteiger charge is -2.35. The van der Waals surface area contributed by atoms with E-state index in [-0.39, 0.29) is 18.6 Å². The van der Waals surface area contributed by atoms with E-state index < -0.39 is 0 Å². The number of nitrogens with two attached hydrogens (primary N) is 1. The largest absolute Gasteiger partial charge is 0.353 e. The van der Waals surface area contributed by atoms with Crippen LogP contribution in [-0.2, 0) is 9.47 Å². The van der Waals surface area contributed by atoms with Gasteiger partial charge in [0.1, 0.15) is 6.10 Å². The standard InChI is InChI=1S/C8H17N3O2/c1-11-4-10-6(9)3-5(11)7-8(12-2)13-7/h5-8,10H,3-4,9H2,1-2H3. The molecule has 0 aliphatic carbocycles. The van der Waals surface area contributed by atoms with E-state index in [4.69, 9.17) is 15.2 Å². The summed E-state index contributed by atoms with van der Waals surface area (Å²) in [7, 11) is 3.74. The van der Waals surface area contributed by atoms with Crippen molar-refractivity contribution in [3.63, 3.8) is 0 Å². The highest BCUT2D eigenvalue weighted by Crippen LogP contribution is 2.31. The first-order valence-corrected chi connectivity index (χ1v) is 4.60. The molecule has 5 nitrogen and oxygen atoms in total. The van der Waals surface area contributed by atoms with Crippen molar-refractivity contribution in [2.75, 3.05) is 20.8 Å². The summed E-state index contributed by atoms with van der Waals surface area (Å²) < 4.78 is 10.5. The van der Waals surface area contributed by atoms with Crippen LogP contribution < -0.4 is 11.1 Å². The molecular weight excluding hydrogens is 170 g/mol. The van der Waals surface area contributed by atoms with Crippen molar-refractivity contribution in [2.24, 2.45) is 5.73 Å². The number of ether oxygens (including phenoxy) is 2. The van der Waals surface area contributed by atoms with Gasteiger partial charge in [-0.3, -0.25) is 10.2 Å². The summed E-state index contributed by atoms with van der Waals surface area (Å²) in [4.78, 5) is 2.22. The van der Waals surface area contributed by atoms with Crippen molar-refractivity contribution < 1.29 is 9.47 Å². The Balaban J connectivity index is 1.90. The number of epoxide rings is 1. The maximum atomic E-state index is 5.81. The highest BCUT2D eigenvalue weighted by Gasteiger charge is 2.48. The predicted octanol–water partition coefficient (Wildman–Crippen LogP) is -1.11. The van der Waals surface area contributed by atoms with Crippen LogP contribution in [-0.4, -0.2) is 50.3 Å². The number of likely N-dealkylation sites (N-methyl/N-ethyl adjacent to an activating group) is 1. The molecule has 2 aliphatic heterocycles. The molecule has 76 valence electrons. The van der Waals surface area contributed by atoms with Crippen LogP contribution in [0.4, 0.5) is 0 Å². The molecule has 2 fully saturated rings. The zero-order valence-electron chi connectivity index (χ0n) is 8.06. The normalized spacial score (nSPS) is 46.4. The van der Waals surface area contributed by atoms with Crippen molar-refractivity contribution in [1.82, 2.24) is 10.2 Å². The van der Waals surface area contributed by atoms with Crippen LogP contribution in [0.2, 0.25) is 0 Å². The summed E-state index contributed by atoms with van der Waals surface area (Å²) in [6.07, 6.45) is 1.20. The number of methoxy groups -OCH3 is 1. The van der Waals surface area contributed by atoms with E-state index in [1.165, 1.54) is 0 Å². The van der Waals surface area contributed by atoms with Gasteiger partial charge in [0.05, 0.1) is 6.17 Å². The van der Waals surface area contributed by atoms with Gasteiger partial charge in [0.15, 0.2) is 6.29 Å². The monoisotopic (exact) mass is 187 g/mol. The fourth-order valence-electron chi connectivity index (χ4n) is 1.86. The Morgan fingerprint density at radius 3 is 3.00 bits per heavy atom. The first kappa shape index (κ1) is 9.36. The Morgan fingerprint density at radius 2 is 2.38 bits per heavy atom. The molecule has 5 heteroatoms. The van der Waals surface area contributed by atoms with E-state index in [9.17, 15) is 0 Å². The van der Waals surface area contributed by atoms with Crippen LogP contribution in [0.1, 0.15) is 6.42 Å². The number of rotatable bonds is 2. The van der Waals surface area contributed by atoms with Gasteiger partial charge in [-0.15, -0.1) is 0 Å². The lowest BCUT2D eigenvalue weighted by molar-refractivity contribution is 0.0949. The van der Waals surface area contributed by atoms with Gasteiger partial charge in [0.25, 0.3) is 0 Å². The third kappa shape index (κ3) is 1.84. The van der Waals surface area contributed by atoms with Gasteiger partial charge in [-0.2, -0.15) is 0 Å². The van der Waals surface area contributed by atoms with Gasteiger partial charge in [-0.1, -0.05) is 0 Å². The summed E-state index contributed by atoms with van der Waals surface area (Å²) in [6, 6.07) is 0.390. The molecule has 2 heterocycles. The van der Waals surface area contributed by atoms with Gasteiger partial charge in [-0.25, -0.2) is 0 Å². The Hall–Kier alpha value is -0.200. The first-order chi connectivity index (χ1) is 6.22. The molecule has 0 amide bonds. The van der Waals surface area contributed by atoms with Crippen molar-refractivity contribution in [3.05, 3.63) is 0 Å². The van der Waals surface area contributed by atoms with Crippen LogP contribution in [0.3, 0.4) is 0 Å². The van der Waals surface area contributed by atoms with Crippen molar-refractivity contribution in [2.45, 2.75) is 31.0 Å². The minimum absolute atomic E-state index is 0.0160. The van der Waals surface area contributed by atoms with Gasteiger partial charge < -0.3 is 15.2 Å². The summed E-state index contributed by atoms with van der Waals surface area (Å²) in [6.45, 7) is 0.822. The lowest BCUT2D eigenvalue weighted by Crippen LogP contribution is -2.56. The molecule has 0 radical (unpaired) electrons. The molecule has 2 rings (SSSR count). The zero-order chi connectivity index (χ0) is 9.42. The second-order valence-electron chi connectivity index (χ2n) is 3.73. The van der Waals surface area contributed by atoms with Crippen LogP contribution in [0.25, 0.3) is 0 Å². The van der Waals surface area contributed by atoms with Crippen LogP contribution in [0.5, 0.6) is 0 Å². The van der Waals surface area contributed by atoms with Crippen LogP contribution >= 0.6 is 0 Å². The third-order valence-corrected chi connectivity index (χ3v) is 2.76. The van der Waals surface area contributed by atoms with Gasteiger partial charge >= 0.3 is 0 Å². The lowest BCUT2D eigenvalue weighted by atomic mass is 10.1. The fraction of sp³-hybridized carbons (Fsp3) is 1.00. The smallest absolute Gasteiger partial charge is 0.185 e. The van der Waals surface area contributed by atoms with Crippen molar-refractivity contribution in [1.29, 1.82) is 0 Å². The quantitative estimate of drug-likeness (QED) is 0.537. The molecule has 4 atom stereocenters. The van der Waals surface area contributed by atoms with Crippen molar-refractivity contribution >= 4 is 0 Å². The molecule has 3 N–H and O–H groups in total. The molecule has 0 aromatic carbocycles. The van der Waals surface area contributed by atoms with Crippen LogP contribution in [0, 0.1) is 0 Å². The van der Waals surface area contributed by atoms with Gasteiger partial charge in [0.2, 0.25) is 0 Å². The van der Waals surface area contributed by atoms with E-state index >= 15 is 0 Å². The summed E-state index contributed by atoms with van der Waals surface area (Å²) in [5, 5.41) is 3.18. The average molecular weight is 187 g/mol. The molecule has 2 saturated heterocycles. The maximum Gasteiger partial charge on any atom is 0.185 e. The second-order valence-corrected chi connectivity index (χ2v) is 3.73. The molecule has 0 aromatic rings. The Bertz CT molecular complexity index is 190. The maximum absolute atomic E-state index is 5.81. The SMILES string of the molecule is COC1OC1C1CC(N)NCN1C. The first-order valence-electron chi connectivity index (χ1n) is 4.60. The Labute approximate surface area is 78.2 Å². The second kappa shape index (κ2) is 3.51. The molecule has 2 aliphatic rings. The minimum atomic E-state index is -0.0160.